The van der Waals surface area contributed by atoms with Crippen molar-refractivity contribution in [2.45, 2.75) is 19.4 Å². The first kappa shape index (κ1) is 14.9. The van der Waals surface area contributed by atoms with Gasteiger partial charge in [-0.25, -0.2) is 10.8 Å². The Bertz CT molecular complexity index is 353. The molecule has 0 bridgehead atoms. The second-order valence-electron chi connectivity index (χ2n) is 4.09. The standard InChI is InChI=1S/C12H22N4OS/c1-10(9-11-5-4-8-18-11)16(2)12(15-13)14-6-7-17-3/h4-5,8,10H,6-7,9,13H2,1-3H3,(H,14,15). The monoisotopic (exact) mass is 270 g/mol. The molecule has 0 amide bonds. The number of likely N-dealkylation sites (N-methyl/N-ethyl adjacent to an activating group) is 1. The maximum absolute atomic E-state index is 5.51. The van der Waals surface area contributed by atoms with Crippen LogP contribution in [0.15, 0.2) is 22.5 Å². The Hall–Kier alpha value is -1.11. The van der Waals surface area contributed by atoms with Crippen LogP contribution in [0.2, 0.25) is 0 Å². The molecule has 0 fully saturated rings. The van der Waals surface area contributed by atoms with Crippen LogP contribution in [-0.4, -0.2) is 44.2 Å². The van der Waals surface area contributed by atoms with Gasteiger partial charge in [0.1, 0.15) is 0 Å². The van der Waals surface area contributed by atoms with E-state index in [1.165, 1.54) is 4.88 Å². The summed E-state index contributed by atoms with van der Waals surface area (Å²) in [5.74, 6) is 6.20. The fourth-order valence-corrected chi connectivity index (χ4v) is 2.39. The van der Waals surface area contributed by atoms with E-state index >= 15 is 0 Å². The molecule has 0 saturated carbocycles. The highest BCUT2D eigenvalue weighted by atomic mass is 32.1. The lowest BCUT2D eigenvalue weighted by Gasteiger charge is -2.27. The number of hydrazine groups is 1. The SMILES string of the molecule is COCCN=C(NN)N(C)C(C)Cc1cccs1. The van der Waals surface area contributed by atoms with Crippen LogP contribution in [0.1, 0.15) is 11.8 Å². The Balaban J connectivity index is 2.54. The Morgan fingerprint density at radius 1 is 1.67 bits per heavy atom. The minimum atomic E-state index is 0.334. The summed E-state index contributed by atoms with van der Waals surface area (Å²) in [4.78, 5) is 7.78. The lowest BCUT2D eigenvalue weighted by atomic mass is 10.2. The van der Waals surface area contributed by atoms with Crippen LogP contribution in [0.5, 0.6) is 0 Å². The average molecular weight is 270 g/mol. The molecule has 0 aliphatic rings. The highest BCUT2D eigenvalue weighted by Gasteiger charge is 2.13. The Morgan fingerprint density at radius 3 is 3.00 bits per heavy atom. The van der Waals surface area contributed by atoms with E-state index < -0.39 is 0 Å². The van der Waals surface area contributed by atoms with Crippen molar-refractivity contribution in [3.8, 4) is 0 Å². The van der Waals surface area contributed by atoms with E-state index in [4.69, 9.17) is 10.6 Å². The fraction of sp³-hybridized carbons (Fsp3) is 0.583. The minimum absolute atomic E-state index is 0.334. The maximum atomic E-state index is 5.51. The number of thiophene rings is 1. The van der Waals surface area contributed by atoms with Gasteiger partial charge in [-0.05, 0) is 18.4 Å². The molecular formula is C12H22N4OS. The van der Waals surface area contributed by atoms with E-state index in [0.29, 0.717) is 25.2 Å². The van der Waals surface area contributed by atoms with Gasteiger partial charge in [-0.15, -0.1) is 11.3 Å². The molecule has 0 radical (unpaired) electrons. The number of methoxy groups -OCH3 is 1. The summed E-state index contributed by atoms with van der Waals surface area (Å²) in [6.45, 7) is 3.35. The molecule has 0 aliphatic heterocycles. The molecule has 102 valence electrons. The lowest BCUT2D eigenvalue weighted by Crippen LogP contribution is -2.47. The van der Waals surface area contributed by atoms with Gasteiger partial charge in [-0.3, -0.25) is 5.43 Å². The molecule has 3 N–H and O–H groups in total. The smallest absolute Gasteiger partial charge is 0.208 e. The van der Waals surface area contributed by atoms with Gasteiger partial charge < -0.3 is 9.64 Å². The molecule has 0 aliphatic carbocycles. The first-order valence-corrected chi connectivity index (χ1v) is 6.82. The second kappa shape index (κ2) is 8.07. The predicted octanol–water partition coefficient (Wildman–Crippen LogP) is 1.08. The third-order valence-corrected chi connectivity index (χ3v) is 3.66. The molecule has 5 nitrogen and oxygen atoms in total. The van der Waals surface area contributed by atoms with Gasteiger partial charge in [0, 0.05) is 31.5 Å². The van der Waals surface area contributed by atoms with Crippen molar-refractivity contribution < 1.29 is 4.74 Å². The highest BCUT2D eigenvalue weighted by molar-refractivity contribution is 7.09. The van der Waals surface area contributed by atoms with Crippen LogP contribution in [0, 0.1) is 0 Å². The number of hydrogen-bond donors (Lipinski definition) is 2. The van der Waals surface area contributed by atoms with Crippen molar-refractivity contribution in [1.29, 1.82) is 0 Å². The van der Waals surface area contributed by atoms with E-state index in [-0.39, 0.29) is 0 Å². The van der Waals surface area contributed by atoms with Crippen molar-refractivity contribution in [1.82, 2.24) is 10.3 Å². The van der Waals surface area contributed by atoms with Crippen LogP contribution >= 0.6 is 11.3 Å². The zero-order valence-corrected chi connectivity index (χ0v) is 12.0. The molecule has 1 unspecified atom stereocenters. The number of nitrogens with one attached hydrogen (secondary N) is 1. The van der Waals surface area contributed by atoms with Gasteiger partial charge in [-0.1, -0.05) is 6.07 Å². The molecule has 1 heterocycles. The molecule has 1 atom stereocenters. The summed E-state index contributed by atoms with van der Waals surface area (Å²) in [6, 6.07) is 4.55. The number of nitrogens with zero attached hydrogens (tertiary/aromatic N) is 2. The maximum Gasteiger partial charge on any atom is 0.208 e. The third kappa shape index (κ3) is 4.64. The molecule has 0 aromatic carbocycles. The summed E-state index contributed by atoms with van der Waals surface area (Å²) in [5.41, 5.74) is 2.65. The van der Waals surface area contributed by atoms with Crippen LogP contribution in [-0.2, 0) is 11.2 Å². The van der Waals surface area contributed by atoms with E-state index in [0.717, 1.165) is 6.42 Å². The van der Waals surface area contributed by atoms with Gasteiger partial charge in [0.25, 0.3) is 0 Å². The fourth-order valence-electron chi connectivity index (χ4n) is 1.57. The van der Waals surface area contributed by atoms with Crippen molar-refractivity contribution in [3.05, 3.63) is 22.4 Å². The molecule has 1 aromatic rings. The van der Waals surface area contributed by atoms with Crippen molar-refractivity contribution in [2.24, 2.45) is 10.8 Å². The number of guanidine groups is 1. The Labute approximate surface area is 113 Å². The summed E-state index contributed by atoms with van der Waals surface area (Å²) in [5, 5.41) is 2.09. The topological polar surface area (TPSA) is 62.9 Å². The van der Waals surface area contributed by atoms with Crippen LogP contribution in [0.25, 0.3) is 0 Å². The van der Waals surface area contributed by atoms with E-state index in [2.05, 4.69) is 39.8 Å². The van der Waals surface area contributed by atoms with Crippen molar-refractivity contribution >= 4 is 17.3 Å². The lowest BCUT2D eigenvalue weighted by molar-refractivity contribution is 0.207. The first-order valence-electron chi connectivity index (χ1n) is 5.94. The highest BCUT2D eigenvalue weighted by Crippen LogP contribution is 2.13. The van der Waals surface area contributed by atoms with Crippen molar-refractivity contribution in [2.75, 3.05) is 27.3 Å². The number of hydrogen-bond acceptors (Lipinski definition) is 4. The Kier molecular flexibility index (Phi) is 6.70. The number of nitrogens with two attached hydrogens (primary N) is 1. The molecule has 6 heteroatoms. The number of rotatable bonds is 6. The molecule has 18 heavy (non-hydrogen) atoms. The summed E-state index contributed by atoms with van der Waals surface area (Å²) >= 11 is 1.77. The molecular weight excluding hydrogens is 248 g/mol. The van der Waals surface area contributed by atoms with Crippen molar-refractivity contribution in [3.63, 3.8) is 0 Å². The normalized spacial score (nSPS) is 13.4. The quantitative estimate of drug-likeness (QED) is 0.267. The predicted molar refractivity (Wildman–Crippen MR) is 76.7 cm³/mol. The zero-order valence-electron chi connectivity index (χ0n) is 11.2. The number of aliphatic imine (C=N–C) groups is 1. The molecule has 0 spiro atoms. The van der Waals surface area contributed by atoms with Gasteiger partial charge in [0.2, 0.25) is 5.96 Å². The van der Waals surface area contributed by atoms with Gasteiger partial charge in [0.15, 0.2) is 0 Å². The van der Waals surface area contributed by atoms with E-state index in [1.807, 2.05) is 7.05 Å². The first-order chi connectivity index (χ1) is 8.69. The Morgan fingerprint density at radius 2 is 2.44 bits per heavy atom. The second-order valence-corrected chi connectivity index (χ2v) is 5.12. The average Bonchev–Trinajstić information content (AvgIpc) is 2.86. The minimum Gasteiger partial charge on any atom is -0.383 e. The van der Waals surface area contributed by atoms with Gasteiger partial charge >= 0.3 is 0 Å². The van der Waals surface area contributed by atoms with E-state index in [1.54, 1.807) is 18.4 Å². The van der Waals surface area contributed by atoms with Crippen LogP contribution in [0.3, 0.4) is 0 Å². The van der Waals surface area contributed by atoms with Gasteiger partial charge in [-0.2, -0.15) is 0 Å². The van der Waals surface area contributed by atoms with E-state index in [9.17, 15) is 0 Å². The zero-order chi connectivity index (χ0) is 13.4. The molecule has 0 saturated heterocycles. The number of ether oxygens (including phenoxy) is 1. The summed E-state index contributed by atoms with van der Waals surface area (Å²) in [7, 11) is 3.65. The van der Waals surface area contributed by atoms with Crippen LogP contribution < -0.4 is 11.3 Å². The van der Waals surface area contributed by atoms with Gasteiger partial charge in [0.05, 0.1) is 13.2 Å². The largest absolute Gasteiger partial charge is 0.383 e. The third-order valence-electron chi connectivity index (χ3n) is 2.76. The summed E-state index contributed by atoms with van der Waals surface area (Å²) < 4.78 is 4.97. The molecule has 1 aromatic heterocycles. The van der Waals surface area contributed by atoms with Crippen LogP contribution in [0.4, 0.5) is 0 Å². The summed E-state index contributed by atoms with van der Waals surface area (Å²) in [6.07, 6.45) is 0.985. The molecule has 1 rings (SSSR count).